The Morgan fingerprint density at radius 2 is 1.76 bits per heavy atom. The minimum atomic E-state index is -0.374. The van der Waals surface area contributed by atoms with E-state index < -0.39 is 0 Å². The summed E-state index contributed by atoms with van der Waals surface area (Å²) in [7, 11) is 0. The van der Waals surface area contributed by atoms with Crippen LogP contribution < -0.4 is 0 Å². The Bertz CT molecular complexity index is 1160. The van der Waals surface area contributed by atoms with Crippen LogP contribution in [0.15, 0.2) is 54.6 Å². The lowest BCUT2D eigenvalue weighted by molar-refractivity contribution is -0.149. The molecule has 0 atom stereocenters. The fraction of sp³-hybridized carbons (Fsp3) is 0.308. The summed E-state index contributed by atoms with van der Waals surface area (Å²) in [6.07, 6.45) is 1.14. The molecule has 0 unspecified atom stereocenters. The number of nitrogens with zero attached hydrogens (tertiary/aromatic N) is 2. The van der Waals surface area contributed by atoms with Crippen molar-refractivity contribution in [3.63, 3.8) is 0 Å². The molecule has 3 aromatic rings. The molecule has 4 rings (SSSR count). The molecule has 172 valence electrons. The molecule has 0 N–H and O–H groups in total. The molecule has 1 aliphatic heterocycles. The number of likely N-dealkylation sites (tertiary alicyclic amines) is 1. The number of benzene rings is 2. The predicted molar refractivity (Wildman–Crippen MR) is 126 cm³/mol. The average Bonchev–Trinajstić information content (AvgIpc) is 3.16. The predicted octanol–water partition coefficient (Wildman–Crippen LogP) is 5.66. The fourth-order valence-corrected chi connectivity index (χ4v) is 4.47. The highest BCUT2D eigenvalue weighted by Gasteiger charge is 2.30. The van der Waals surface area contributed by atoms with Crippen molar-refractivity contribution in [1.29, 1.82) is 0 Å². The molecule has 0 radical (unpaired) electrons. The molecule has 1 saturated heterocycles. The van der Waals surface area contributed by atoms with E-state index in [1.165, 1.54) is 6.07 Å². The van der Waals surface area contributed by atoms with E-state index in [0.717, 1.165) is 5.56 Å². The van der Waals surface area contributed by atoms with Crippen molar-refractivity contribution < 1.29 is 18.7 Å². The van der Waals surface area contributed by atoms with E-state index in [2.05, 4.69) is 0 Å². The van der Waals surface area contributed by atoms with Crippen LogP contribution in [0.1, 0.15) is 35.8 Å². The average molecular weight is 469 g/mol. The van der Waals surface area contributed by atoms with Crippen LogP contribution in [-0.2, 0) is 9.53 Å². The van der Waals surface area contributed by atoms with Crippen LogP contribution in [0, 0.1) is 18.7 Å². The molecule has 1 fully saturated rings. The first kappa shape index (κ1) is 23.1. The second-order valence-corrected chi connectivity index (χ2v) is 8.58. The van der Waals surface area contributed by atoms with Crippen molar-refractivity contribution >= 4 is 23.5 Å². The molecule has 2 heterocycles. The zero-order chi connectivity index (χ0) is 23.5. The monoisotopic (exact) mass is 468 g/mol. The van der Waals surface area contributed by atoms with E-state index in [0.29, 0.717) is 60.2 Å². The highest BCUT2D eigenvalue weighted by atomic mass is 35.5. The van der Waals surface area contributed by atoms with Crippen LogP contribution in [-0.4, -0.2) is 41.0 Å². The Balaban J connectivity index is 1.69. The fourth-order valence-electron chi connectivity index (χ4n) is 4.35. The van der Waals surface area contributed by atoms with E-state index in [9.17, 15) is 14.0 Å². The lowest BCUT2D eigenvalue weighted by Crippen LogP contribution is -2.40. The molecule has 7 heteroatoms. The van der Waals surface area contributed by atoms with Gasteiger partial charge >= 0.3 is 5.97 Å². The third kappa shape index (κ3) is 4.67. The number of amides is 1. The minimum absolute atomic E-state index is 0.125. The van der Waals surface area contributed by atoms with Gasteiger partial charge in [-0.05, 0) is 62.6 Å². The van der Waals surface area contributed by atoms with Gasteiger partial charge in [0, 0.05) is 23.8 Å². The number of para-hydroxylation sites is 1. The summed E-state index contributed by atoms with van der Waals surface area (Å²) in [5, 5.41) is 0.597. The van der Waals surface area contributed by atoms with Crippen LogP contribution in [0.25, 0.3) is 16.9 Å². The third-order valence-electron chi connectivity index (χ3n) is 6.11. The summed E-state index contributed by atoms with van der Waals surface area (Å²) >= 11 is 6.06. The number of aromatic nitrogens is 1. The van der Waals surface area contributed by atoms with Gasteiger partial charge < -0.3 is 14.2 Å². The van der Waals surface area contributed by atoms with Crippen LogP contribution in [0.4, 0.5) is 4.39 Å². The molecule has 1 aliphatic rings. The third-order valence-corrected chi connectivity index (χ3v) is 6.36. The maximum absolute atomic E-state index is 14.8. The van der Waals surface area contributed by atoms with E-state index in [4.69, 9.17) is 16.3 Å². The first-order valence-electron chi connectivity index (χ1n) is 11.1. The lowest BCUT2D eigenvalue weighted by atomic mass is 9.96. The van der Waals surface area contributed by atoms with Crippen molar-refractivity contribution in [2.24, 2.45) is 5.92 Å². The molecule has 0 bridgehead atoms. The summed E-state index contributed by atoms with van der Waals surface area (Å²) in [4.78, 5) is 27.3. The number of rotatable bonds is 5. The van der Waals surface area contributed by atoms with Gasteiger partial charge in [-0.15, -0.1) is 0 Å². The number of hydrogen-bond donors (Lipinski definition) is 0. The summed E-state index contributed by atoms with van der Waals surface area (Å²) in [5.74, 6) is -0.875. The van der Waals surface area contributed by atoms with Gasteiger partial charge in [0.2, 0.25) is 0 Å². The van der Waals surface area contributed by atoms with Gasteiger partial charge in [0.1, 0.15) is 5.82 Å². The normalized spacial score (nSPS) is 14.4. The molecule has 33 heavy (non-hydrogen) atoms. The molecule has 1 aromatic heterocycles. The van der Waals surface area contributed by atoms with Crippen LogP contribution in [0.5, 0.6) is 0 Å². The Morgan fingerprint density at radius 3 is 2.39 bits per heavy atom. The topological polar surface area (TPSA) is 51.5 Å². The highest BCUT2D eigenvalue weighted by molar-refractivity contribution is 6.30. The number of halogens is 2. The Labute approximate surface area is 197 Å². The van der Waals surface area contributed by atoms with Gasteiger partial charge in [-0.3, -0.25) is 9.59 Å². The maximum atomic E-state index is 14.8. The first-order chi connectivity index (χ1) is 15.9. The molecular formula is C26H26ClFN2O3. The van der Waals surface area contributed by atoms with E-state index in [-0.39, 0.29) is 23.6 Å². The number of ether oxygens (including phenoxy) is 1. The van der Waals surface area contributed by atoms with Gasteiger partial charge in [0.15, 0.2) is 0 Å². The molecule has 1 amide bonds. The summed E-state index contributed by atoms with van der Waals surface area (Å²) in [5.41, 5.74) is 3.07. The van der Waals surface area contributed by atoms with Gasteiger partial charge in [-0.1, -0.05) is 35.9 Å². The molecule has 0 spiro atoms. The SMILES string of the molecule is CCOC(=O)C1CCN(C(=O)c2cc(-c3ccc(Cl)cc3)n(-c3ccccc3F)c2C)CC1. The van der Waals surface area contributed by atoms with Crippen LogP contribution in [0.3, 0.4) is 0 Å². The maximum Gasteiger partial charge on any atom is 0.309 e. The van der Waals surface area contributed by atoms with E-state index in [1.54, 1.807) is 46.7 Å². The summed E-state index contributed by atoms with van der Waals surface area (Å²) in [6.45, 7) is 4.92. The quantitative estimate of drug-likeness (QED) is 0.454. The Hall–Kier alpha value is -3.12. The molecule has 5 nitrogen and oxygen atoms in total. The number of carbonyl (C=O) groups is 2. The highest BCUT2D eigenvalue weighted by Crippen LogP contribution is 2.32. The molecule has 2 aromatic carbocycles. The number of esters is 1. The second kappa shape index (κ2) is 9.79. The zero-order valence-electron chi connectivity index (χ0n) is 18.7. The van der Waals surface area contributed by atoms with Crippen molar-refractivity contribution in [1.82, 2.24) is 9.47 Å². The van der Waals surface area contributed by atoms with E-state index >= 15 is 0 Å². The molecule has 0 saturated carbocycles. The zero-order valence-corrected chi connectivity index (χ0v) is 19.4. The van der Waals surface area contributed by atoms with E-state index in [1.807, 2.05) is 25.1 Å². The van der Waals surface area contributed by atoms with Crippen LogP contribution >= 0.6 is 11.6 Å². The standard InChI is InChI=1S/C26H26ClFN2O3/c1-3-33-26(32)19-12-14-29(15-13-19)25(31)21-16-24(18-8-10-20(27)11-9-18)30(17(21)2)23-7-5-4-6-22(23)28/h4-11,16,19H,3,12-15H2,1-2H3. The van der Waals surface area contributed by atoms with Gasteiger partial charge in [0.25, 0.3) is 5.91 Å². The summed E-state index contributed by atoms with van der Waals surface area (Å²) in [6, 6.07) is 15.6. The second-order valence-electron chi connectivity index (χ2n) is 8.14. The lowest BCUT2D eigenvalue weighted by Gasteiger charge is -2.31. The Kier molecular flexibility index (Phi) is 6.84. The smallest absolute Gasteiger partial charge is 0.309 e. The number of carbonyl (C=O) groups excluding carboxylic acids is 2. The van der Waals surface area contributed by atoms with Gasteiger partial charge in [-0.25, -0.2) is 4.39 Å². The van der Waals surface area contributed by atoms with Crippen molar-refractivity contribution in [3.05, 3.63) is 76.7 Å². The first-order valence-corrected chi connectivity index (χ1v) is 11.5. The Morgan fingerprint density at radius 1 is 1.09 bits per heavy atom. The number of hydrogen-bond acceptors (Lipinski definition) is 3. The minimum Gasteiger partial charge on any atom is -0.466 e. The van der Waals surface area contributed by atoms with Crippen LogP contribution in [0.2, 0.25) is 5.02 Å². The molecular weight excluding hydrogens is 443 g/mol. The molecule has 0 aliphatic carbocycles. The largest absolute Gasteiger partial charge is 0.466 e. The number of piperidine rings is 1. The van der Waals surface area contributed by atoms with Gasteiger partial charge in [0.05, 0.1) is 29.5 Å². The summed E-state index contributed by atoms with van der Waals surface area (Å²) < 4.78 is 21.7. The van der Waals surface area contributed by atoms with Crippen molar-refractivity contribution in [2.45, 2.75) is 26.7 Å². The van der Waals surface area contributed by atoms with Crippen molar-refractivity contribution in [3.8, 4) is 16.9 Å². The van der Waals surface area contributed by atoms with Crippen molar-refractivity contribution in [2.75, 3.05) is 19.7 Å². The van der Waals surface area contributed by atoms with Gasteiger partial charge in [-0.2, -0.15) is 0 Å².